The Kier molecular flexibility index (Phi) is 4.55. The number of rotatable bonds is 4. The van der Waals surface area contributed by atoms with Crippen molar-refractivity contribution in [1.29, 1.82) is 0 Å². The number of carbonyl (C=O) groups excluding carboxylic acids is 2. The quantitative estimate of drug-likeness (QED) is 0.897. The molecule has 1 N–H and O–H groups in total. The number of hydrogen-bond donors (Lipinski definition) is 1. The van der Waals surface area contributed by atoms with Crippen LogP contribution in [0.5, 0.6) is 0 Å². The van der Waals surface area contributed by atoms with Crippen molar-refractivity contribution < 1.29 is 9.59 Å². The molecule has 1 atom stereocenters. The van der Waals surface area contributed by atoms with Gasteiger partial charge in [0.15, 0.2) is 0 Å². The van der Waals surface area contributed by atoms with Crippen LogP contribution in [0.2, 0.25) is 0 Å². The molecule has 1 aliphatic heterocycles. The van der Waals surface area contributed by atoms with Crippen molar-refractivity contribution in [2.24, 2.45) is 0 Å². The largest absolute Gasteiger partial charge is 0.352 e. The average molecular weight is 260 g/mol. The molecule has 0 saturated carbocycles. The summed E-state index contributed by atoms with van der Waals surface area (Å²) in [6.45, 7) is 3.31. The highest BCUT2D eigenvalue weighted by Gasteiger charge is 2.27. The first-order valence-electron chi connectivity index (χ1n) is 6.84. The van der Waals surface area contributed by atoms with E-state index in [0.29, 0.717) is 25.1 Å². The summed E-state index contributed by atoms with van der Waals surface area (Å²) in [5.74, 6) is 0.134. The molecular formula is C15H20N2O2. The average Bonchev–Trinajstić information content (AvgIpc) is 2.87. The number of carbonyl (C=O) groups is 2. The normalized spacial score (nSPS) is 18.4. The molecule has 2 rings (SSSR count). The lowest BCUT2D eigenvalue weighted by Crippen LogP contribution is -2.38. The fraction of sp³-hybridized carbons (Fsp3) is 0.467. The lowest BCUT2D eigenvalue weighted by atomic mass is 10.2. The lowest BCUT2D eigenvalue weighted by Gasteiger charge is -2.17. The smallest absolute Gasteiger partial charge is 0.253 e. The summed E-state index contributed by atoms with van der Waals surface area (Å²) in [6, 6.07) is 9.38. The van der Waals surface area contributed by atoms with Crippen LogP contribution in [-0.4, -0.2) is 35.8 Å². The van der Waals surface area contributed by atoms with Gasteiger partial charge in [0.1, 0.15) is 0 Å². The van der Waals surface area contributed by atoms with Crippen molar-refractivity contribution in [1.82, 2.24) is 10.2 Å². The van der Waals surface area contributed by atoms with Gasteiger partial charge in [-0.25, -0.2) is 0 Å². The van der Waals surface area contributed by atoms with Gasteiger partial charge in [-0.2, -0.15) is 0 Å². The minimum absolute atomic E-state index is 0.0489. The molecule has 102 valence electrons. The van der Waals surface area contributed by atoms with E-state index in [1.54, 1.807) is 0 Å². The van der Waals surface area contributed by atoms with Gasteiger partial charge in [-0.05, 0) is 25.0 Å². The van der Waals surface area contributed by atoms with Crippen molar-refractivity contribution >= 4 is 11.8 Å². The number of amides is 2. The second-order valence-corrected chi connectivity index (χ2v) is 4.92. The molecule has 0 bridgehead atoms. The van der Waals surface area contributed by atoms with E-state index in [4.69, 9.17) is 0 Å². The maximum absolute atomic E-state index is 12.2. The first-order valence-corrected chi connectivity index (χ1v) is 6.84. The highest BCUT2D eigenvalue weighted by molar-refractivity contribution is 5.94. The Morgan fingerprint density at radius 1 is 1.32 bits per heavy atom. The van der Waals surface area contributed by atoms with E-state index < -0.39 is 0 Å². The predicted molar refractivity (Wildman–Crippen MR) is 73.8 cm³/mol. The SMILES string of the molecule is CCCC(=O)NC1CCN(C(=O)c2ccccc2)C1. The fourth-order valence-corrected chi connectivity index (χ4v) is 2.35. The summed E-state index contributed by atoms with van der Waals surface area (Å²) in [5.41, 5.74) is 0.711. The van der Waals surface area contributed by atoms with Crippen LogP contribution in [0.4, 0.5) is 0 Å². The number of likely N-dealkylation sites (tertiary alicyclic amines) is 1. The third-order valence-electron chi connectivity index (χ3n) is 3.34. The van der Waals surface area contributed by atoms with Gasteiger partial charge in [0.25, 0.3) is 5.91 Å². The molecular weight excluding hydrogens is 240 g/mol. The zero-order valence-electron chi connectivity index (χ0n) is 11.3. The highest BCUT2D eigenvalue weighted by atomic mass is 16.2. The van der Waals surface area contributed by atoms with Gasteiger partial charge in [0.2, 0.25) is 5.91 Å². The van der Waals surface area contributed by atoms with E-state index in [0.717, 1.165) is 12.8 Å². The molecule has 0 aromatic heterocycles. The van der Waals surface area contributed by atoms with Crippen molar-refractivity contribution in [2.45, 2.75) is 32.2 Å². The molecule has 2 amide bonds. The monoisotopic (exact) mass is 260 g/mol. The summed E-state index contributed by atoms with van der Waals surface area (Å²) in [7, 11) is 0. The van der Waals surface area contributed by atoms with Gasteiger partial charge in [0.05, 0.1) is 0 Å². The van der Waals surface area contributed by atoms with E-state index in [9.17, 15) is 9.59 Å². The van der Waals surface area contributed by atoms with Crippen LogP contribution in [-0.2, 0) is 4.79 Å². The van der Waals surface area contributed by atoms with Crippen molar-refractivity contribution in [3.05, 3.63) is 35.9 Å². The molecule has 4 nitrogen and oxygen atoms in total. The van der Waals surface area contributed by atoms with Gasteiger partial charge in [-0.3, -0.25) is 9.59 Å². The maximum Gasteiger partial charge on any atom is 0.253 e. The number of nitrogens with one attached hydrogen (secondary N) is 1. The van der Waals surface area contributed by atoms with Crippen LogP contribution < -0.4 is 5.32 Å². The second kappa shape index (κ2) is 6.36. The molecule has 1 aromatic rings. The summed E-state index contributed by atoms with van der Waals surface area (Å²) >= 11 is 0. The molecule has 19 heavy (non-hydrogen) atoms. The van der Waals surface area contributed by atoms with Crippen molar-refractivity contribution in [3.8, 4) is 0 Å². The van der Waals surface area contributed by atoms with E-state index in [-0.39, 0.29) is 17.9 Å². The van der Waals surface area contributed by atoms with Crippen LogP contribution in [0.1, 0.15) is 36.5 Å². The standard InChI is InChI=1S/C15H20N2O2/c1-2-6-14(18)16-13-9-10-17(11-13)15(19)12-7-4-3-5-8-12/h3-5,7-8,13H,2,6,9-11H2,1H3,(H,16,18). The first kappa shape index (κ1) is 13.6. The van der Waals surface area contributed by atoms with Gasteiger partial charge in [-0.15, -0.1) is 0 Å². The van der Waals surface area contributed by atoms with Crippen molar-refractivity contribution in [3.63, 3.8) is 0 Å². The molecule has 1 fully saturated rings. The molecule has 1 unspecified atom stereocenters. The Morgan fingerprint density at radius 3 is 2.74 bits per heavy atom. The minimum atomic E-state index is 0.0489. The molecule has 1 aromatic carbocycles. The first-order chi connectivity index (χ1) is 9.20. The van der Waals surface area contributed by atoms with E-state index in [2.05, 4.69) is 5.32 Å². The third-order valence-corrected chi connectivity index (χ3v) is 3.34. The molecule has 1 heterocycles. The molecule has 0 aliphatic carbocycles. The number of benzene rings is 1. The highest BCUT2D eigenvalue weighted by Crippen LogP contribution is 2.13. The zero-order chi connectivity index (χ0) is 13.7. The molecule has 1 saturated heterocycles. The minimum Gasteiger partial charge on any atom is -0.352 e. The Hall–Kier alpha value is -1.84. The molecule has 0 spiro atoms. The topological polar surface area (TPSA) is 49.4 Å². The van der Waals surface area contributed by atoms with Crippen LogP contribution in [0.3, 0.4) is 0 Å². The maximum atomic E-state index is 12.2. The van der Waals surface area contributed by atoms with Crippen LogP contribution in [0, 0.1) is 0 Å². The van der Waals surface area contributed by atoms with Gasteiger partial charge in [0, 0.05) is 31.1 Å². The Labute approximate surface area is 113 Å². The third kappa shape index (κ3) is 3.56. The van der Waals surface area contributed by atoms with E-state index in [1.165, 1.54) is 0 Å². The summed E-state index contributed by atoms with van der Waals surface area (Å²) in [4.78, 5) is 25.6. The summed E-state index contributed by atoms with van der Waals surface area (Å²) < 4.78 is 0. The Bertz CT molecular complexity index is 445. The lowest BCUT2D eigenvalue weighted by molar-refractivity contribution is -0.121. The fourth-order valence-electron chi connectivity index (χ4n) is 2.35. The van der Waals surface area contributed by atoms with Crippen LogP contribution in [0.15, 0.2) is 30.3 Å². The van der Waals surface area contributed by atoms with E-state index in [1.807, 2.05) is 42.2 Å². The number of nitrogens with zero attached hydrogens (tertiary/aromatic N) is 1. The van der Waals surface area contributed by atoms with Gasteiger partial charge < -0.3 is 10.2 Å². The zero-order valence-corrected chi connectivity index (χ0v) is 11.3. The van der Waals surface area contributed by atoms with E-state index >= 15 is 0 Å². The Balaban J connectivity index is 1.88. The predicted octanol–water partition coefficient (Wildman–Crippen LogP) is 1.82. The van der Waals surface area contributed by atoms with Gasteiger partial charge in [-0.1, -0.05) is 25.1 Å². The molecule has 4 heteroatoms. The summed E-state index contributed by atoms with van der Waals surface area (Å²) in [5, 5.41) is 2.98. The number of hydrogen-bond acceptors (Lipinski definition) is 2. The Morgan fingerprint density at radius 2 is 2.05 bits per heavy atom. The summed E-state index contributed by atoms with van der Waals surface area (Å²) in [6.07, 6.45) is 2.25. The van der Waals surface area contributed by atoms with Crippen LogP contribution in [0.25, 0.3) is 0 Å². The van der Waals surface area contributed by atoms with Gasteiger partial charge >= 0.3 is 0 Å². The second-order valence-electron chi connectivity index (χ2n) is 4.92. The van der Waals surface area contributed by atoms with Crippen LogP contribution >= 0.6 is 0 Å². The molecule has 1 aliphatic rings. The van der Waals surface area contributed by atoms with Crippen molar-refractivity contribution in [2.75, 3.05) is 13.1 Å². The molecule has 0 radical (unpaired) electrons.